The molecular formula is C22H30F2N6O5. The molecule has 6 N–H and O–H groups in total. The molecule has 2 heterocycles. The van der Waals surface area contributed by atoms with Crippen molar-refractivity contribution in [2.45, 2.75) is 39.3 Å². The number of pyridine rings is 2. The van der Waals surface area contributed by atoms with E-state index in [2.05, 4.69) is 25.9 Å². The van der Waals surface area contributed by atoms with Gasteiger partial charge in [0.1, 0.15) is 12.4 Å². The molecule has 0 saturated heterocycles. The van der Waals surface area contributed by atoms with E-state index in [4.69, 9.17) is 20.3 Å². The zero-order valence-corrected chi connectivity index (χ0v) is 19.9. The molecule has 0 aliphatic heterocycles. The Bertz CT molecular complexity index is 1040. The smallest absolute Gasteiger partial charge is 0.404 e. The lowest BCUT2D eigenvalue weighted by atomic mass is 9.98. The molecule has 2 aromatic rings. The molecule has 0 unspecified atom stereocenters. The first-order chi connectivity index (χ1) is 16.5. The Hall–Kier alpha value is -3.74. The van der Waals surface area contributed by atoms with Gasteiger partial charge in [-0.15, -0.1) is 0 Å². The molecule has 11 nitrogen and oxygen atoms in total. The van der Waals surface area contributed by atoms with Crippen LogP contribution in [0, 0.1) is 17.6 Å². The SMILES string of the molecule is COCCOc1ncc(Nc2nc(N[C@H](CC(C)C)[C@H](C)NC(=O)O)c(F)cc2C(N)=O)cc1F. The zero-order chi connectivity index (χ0) is 26.1. The number of hydrogen-bond donors (Lipinski definition) is 5. The molecule has 0 saturated carbocycles. The Kier molecular flexibility index (Phi) is 9.94. The summed E-state index contributed by atoms with van der Waals surface area (Å²) in [4.78, 5) is 31.0. The first-order valence-corrected chi connectivity index (χ1v) is 10.8. The number of hydrogen-bond acceptors (Lipinski definition) is 8. The van der Waals surface area contributed by atoms with Gasteiger partial charge in [0.25, 0.3) is 11.8 Å². The molecule has 0 spiro atoms. The number of nitrogens with one attached hydrogen (secondary N) is 3. The average Bonchev–Trinajstić information content (AvgIpc) is 2.76. The number of carbonyl (C=O) groups is 2. The van der Waals surface area contributed by atoms with E-state index in [1.54, 1.807) is 6.92 Å². The Morgan fingerprint density at radius 3 is 2.43 bits per heavy atom. The van der Waals surface area contributed by atoms with E-state index in [0.29, 0.717) is 6.42 Å². The van der Waals surface area contributed by atoms with Crippen molar-refractivity contribution in [1.82, 2.24) is 15.3 Å². The third-order valence-corrected chi connectivity index (χ3v) is 4.84. The fraction of sp³-hybridized carbons (Fsp3) is 0.455. The lowest BCUT2D eigenvalue weighted by molar-refractivity contribution is 0.1000. The number of carbonyl (C=O) groups excluding carboxylic acids is 1. The molecule has 35 heavy (non-hydrogen) atoms. The van der Waals surface area contributed by atoms with E-state index < -0.39 is 35.7 Å². The van der Waals surface area contributed by atoms with Crippen molar-refractivity contribution in [2.75, 3.05) is 31.0 Å². The van der Waals surface area contributed by atoms with Crippen LogP contribution >= 0.6 is 0 Å². The first-order valence-electron chi connectivity index (χ1n) is 10.8. The van der Waals surface area contributed by atoms with E-state index in [1.165, 1.54) is 13.3 Å². The number of amides is 2. The Labute approximate surface area is 201 Å². The van der Waals surface area contributed by atoms with Crippen molar-refractivity contribution in [1.29, 1.82) is 0 Å². The van der Waals surface area contributed by atoms with Crippen molar-refractivity contribution < 1.29 is 33.0 Å². The summed E-state index contributed by atoms with van der Waals surface area (Å²) in [7, 11) is 1.48. The monoisotopic (exact) mass is 496 g/mol. The number of methoxy groups -OCH3 is 1. The minimum atomic E-state index is -1.22. The Balaban J connectivity index is 2.35. The van der Waals surface area contributed by atoms with Crippen LogP contribution in [0.25, 0.3) is 0 Å². The van der Waals surface area contributed by atoms with Crippen LogP contribution in [-0.4, -0.2) is 59.5 Å². The van der Waals surface area contributed by atoms with Crippen LogP contribution in [-0.2, 0) is 4.74 Å². The third-order valence-electron chi connectivity index (χ3n) is 4.84. The number of nitrogens with two attached hydrogens (primary N) is 1. The number of rotatable bonds is 13. The number of aromatic nitrogens is 2. The van der Waals surface area contributed by atoms with Crippen molar-refractivity contribution in [3.8, 4) is 5.88 Å². The summed E-state index contributed by atoms with van der Waals surface area (Å²) in [5.74, 6) is -3.08. The van der Waals surface area contributed by atoms with Gasteiger partial charge in [-0.2, -0.15) is 0 Å². The maximum atomic E-state index is 14.8. The molecule has 2 atom stereocenters. The molecule has 2 aromatic heterocycles. The summed E-state index contributed by atoms with van der Waals surface area (Å²) in [5, 5.41) is 17.0. The topological polar surface area (TPSA) is 161 Å². The van der Waals surface area contributed by atoms with Gasteiger partial charge in [-0.25, -0.2) is 23.5 Å². The predicted molar refractivity (Wildman–Crippen MR) is 125 cm³/mol. The molecular weight excluding hydrogens is 466 g/mol. The van der Waals surface area contributed by atoms with Gasteiger partial charge in [0.2, 0.25) is 0 Å². The summed E-state index contributed by atoms with van der Waals surface area (Å²) in [5.41, 5.74) is 5.21. The van der Waals surface area contributed by atoms with Gasteiger partial charge < -0.3 is 36.3 Å². The molecule has 0 aromatic carbocycles. The fourth-order valence-electron chi connectivity index (χ4n) is 3.20. The Morgan fingerprint density at radius 2 is 1.86 bits per heavy atom. The number of nitrogens with zero attached hydrogens (tertiary/aromatic N) is 2. The second kappa shape index (κ2) is 12.6. The molecule has 0 aliphatic rings. The predicted octanol–water partition coefficient (Wildman–Crippen LogP) is 3.11. The van der Waals surface area contributed by atoms with Crippen molar-refractivity contribution >= 4 is 29.3 Å². The van der Waals surface area contributed by atoms with Gasteiger partial charge in [0.15, 0.2) is 17.5 Å². The minimum absolute atomic E-state index is 0.0975. The molecule has 192 valence electrons. The van der Waals surface area contributed by atoms with E-state index in [0.717, 1.165) is 12.1 Å². The zero-order valence-electron chi connectivity index (χ0n) is 19.9. The van der Waals surface area contributed by atoms with Gasteiger partial charge >= 0.3 is 6.09 Å². The Morgan fingerprint density at radius 1 is 1.14 bits per heavy atom. The van der Waals surface area contributed by atoms with E-state index in [1.807, 2.05) is 13.8 Å². The first kappa shape index (κ1) is 27.5. The second-order valence-corrected chi connectivity index (χ2v) is 8.17. The highest BCUT2D eigenvalue weighted by Crippen LogP contribution is 2.26. The largest absolute Gasteiger partial charge is 0.473 e. The number of carboxylic acid groups (broad SMARTS) is 1. The van der Waals surface area contributed by atoms with E-state index >= 15 is 0 Å². The van der Waals surface area contributed by atoms with Crippen molar-refractivity contribution in [2.24, 2.45) is 11.7 Å². The van der Waals surface area contributed by atoms with Gasteiger partial charge in [-0.3, -0.25) is 4.79 Å². The van der Waals surface area contributed by atoms with Crippen LogP contribution in [0.2, 0.25) is 0 Å². The number of halogens is 2. The van der Waals surface area contributed by atoms with Crippen LogP contribution in [0.4, 0.5) is 30.9 Å². The summed E-state index contributed by atoms with van der Waals surface area (Å²) < 4.78 is 39.2. The summed E-state index contributed by atoms with van der Waals surface area (Å²) in [6.07, 6.45) is 0.508. The van der Waals surface area contributed by atoms with E-state index in [-0.39, 0.29) is 47.9 Å². The van der Waals surface area contributed by atoms with Crippen LogP contribution in [0.1, 0.15) is 37.6 Å². The maximum absolute atomic E-state index is 14.8. The molecule has 0 radical (unpaired) electrons. The molecule has 2 amide bonds. The third kappa shape index (κ3) is 8.21. The van der Waals surface area contributed by atoms with Crippen LogP contribution in [0.3, 0.4) is 0 Å². The van der Waals surface area contributed by atoms with Gasteiger partial charge in [-0.05, 0) is 25.3 Å². The molecule has 0 aliphatic carbocycles. The van der Waals surface area contributed by atoms with Crippen LogP contribution < -0.4 is 26.4 Å². The second-order valence-electron chi connectivity index (χ2n) is 8.17. The normalized spacial score (nSPS) is 12.7. The number of anilines is 3. The summed E-state index contributed by atoms with van der Waals surface area (Å²) in [6.45, 7) is 5.84. The highest BCUT2D eigenvalue weighted by atomic mass is 19.1. The summed E-state index contributed by atoms with van der Waals surface area (Å²) >= 11 is 0. The molecule has 0 fully saturated rings. The fourth-order valence-corrected chi connectivity index (χ4v) is 3.20. The van der Waals surface area contributed by atoms with Gasteiger partial charge in [0, 0.05) is 25.3 Å². The average molecular weight is 497 g/mol. The summed E-state index contributed by atoms with van der Waals surface area (Å²) in [6, 6.07) is 0.849. The standard InChI is InChI=1S/C22H30F2N6O5/c1-11(2)7-17(12(3)27-22(32)33)29-20-15(23)9-14(18(25)31)19(30-20)28-13-8-16(24)21(26-10-13)35-6-5-34-4/h8-12,17,27H,5-7H2,1-4H3,(H2,25,31)(H,32,33)(H2,28,29,30)/t12-,17+/m0/s1. The van der Waals surface area contributed by atoms with Crippen LogP contribution in [0.5, 0.6) is 5.88 Å². The molecule has 13 heteroatoms. The van der Waals surface area contributed by atoms with Gasteiger partial charge in [-0.1, -0.05) is 13.8 Å². The maximum Gasteiger partial charge on any atom is 0.404 e. The van der Waals surface area contributed by atoms with Crippen molar-refractivity contribution in [3.05, 3.63) is 35.5 Å². The van der Waals surface area contributed by atoms with Gasteiger partial charge in [0.05, 0.1) is 24.1 Å². The number of ether oxygens (including phenoxy) is 2. The van der Waals surface area contributed by atoms with E-state index in [9.17, 15) is 18.4 Å². The lowest BCUT2D eigenvalue weighted by Crippen LogP contribution is -2.45. The highest BCUT2D eigenvalue weighted by molar-refractivity contribution is 5.98. The molecule has 0 bridgehead atoms. The highest BCUT2D eigenvalue weighted by Gasteiger charge is 2.24. The van der Waals surface area contributed by atoms with Crippen LogP contribution in [0.15, 0.2) is 18.3 Å². The molecule has 2 rings (SSSR count). The quantitative estimate of drug-likeness (QED) is 0.262. The van der Waals surface area contributed by atoms with Crippen molar-refractivity contribution in [3.63, 3.8) is 0 Å². The number of primary amides is 1. The lowest BCUT2D eigenvalue weighted by Gasteiger charge is -2.27. The minimum Gasteiger partial charge on any atom is -0.473 e.